The first-order chi connectivity index (χ1) is 10.2. The summed E-state index contributed by atoms with van der Waals surface area (Å²) < 4.78 is 6.35. The zero-order chi connectivity index (χ0) is 14.8. The first-order valence-corrected chi connectivity index (χ1v) is 7.83. The molecule has 0 spiro atoms. The number of phenolic OH excluding ortho intramolecular Hbond substituents is 1. The number of hydrogen-bond donors (Lipinski definition) is 2. The summed E-state index contributed by atoms with van der Waals surface area (Å²) in [7, 11) is 1.71. The molecule has 21 heavy (non-hydrogen) atoms. The smallest absolute Gasteiger partial charge is 0.115 e. The van der Waals surface area contributed by atoms with Gasteiger partial charge in [-0.3, -0.25) is 0 Å². The molecule has 110 valence electrons. The van der Waals surface area contributed by atoms with Crippen molar-refractivity contribution in [1.29, 1.82) is 0 Å². The molecule has 1 atom stereocenters. The maximum absolute atomic E-state index is 9.58. The van der Waals surface area contributed by atoms with E-state index in [4.69, 9.17) is 4.74 Å². The van der Waals surface area contributed by atoms with Gasteiger partial charge in [-0.2, -0.15) is 0 Å². The molecular formula is C17H18BrNO2. The van der Waals surface area contributed by atoms with Crippen LogP contribution in [0.15, 0.2) is 40.9 Å². The topological polar surface area (TPSA) is 41.5 Å². The van der Waals surface area contributed by atoms with Crippen LogP contribution in [0.5, 0.6) is 5.75 Å². The van der Waals surface area contributed by atoms with Gasteiger partial charge in [0.1, 0.15) is 5.75 Å². The van der Waals surface area contributed by atoms with Crippen LogP contribution in [-0.4, -0.2) is 12.2 Å². The second-order valence-electron chi connectivity index (χ2n) is 5.32. The molecule has 4 heteroatoms. The molecule has 0 fully saturated rings. The van der Waals surface area contributed by atoms with Gasteiger partial charge in [0, 0.05) is 22.8 Å². The molecule has 0 amide bonds. The van der Waals surface area contributed by atoms with E-state index in [-0.39, 0.29) is 6.04 Å². The number of nitrogens with one attached hydrogen (secondary N) is 1. The van der Waals surface area contributed by atoms with E-state index >= 15 is 0 Å². The second-order valence-corrected chi connectivity index (χ2v) is 6.17. The van der Waals surface area contributed by atoms with E-state index in [9.17, 15) is 5.11 Å². The van der Waals surface area contributed by atoms with Gasteiger partial charge in [-0.05, 0) is 48.2 Å². The third-order valence-corrected chi connectivity index (χ3v) is 4.68. The highest BCUT2D eigenvalue weighted by atomic mass is 79.9. The molecule has 2 aromatic rings. The summed E-state index contributed by atoms with van der Waals surface area (Å²) in [4.78, 5) is 0. The molecule has 0 aromatic heterocycles. The fourth-order valence-electron chi connectivity index (χ4n) is 2.93. The molecule has 3 rings (SSSR count). The summed E-state index contributed by atoms with van der Waals surface area (Å²) in [5.41, 5.74) is 4.73. The van der Waals surface area contributed by atoms with Gasteiger partial charge in [0.15, 0.2) is 0 Å². The lowest BCUT2D eigenvalue weighted by atomic mass is 10.1. The first-order valence-electron chi connectivity index (χ1n) is 7.03. The molecule has 0 saturated carbocycles. The van der Waals surface area contributed by atoms with E-state index in [1.54, 1.807) is 13.2 Å². The molecule has 0 saturated heterocycles. The highest BCUT2D eigenvalue weighted by Crippen LogP contribution is 2.37. The number of methoxy groups -OCH3 is 1. The molecule has 1 aliphatic carbocycles. The Morgan fingerprint density at radius 1 is 1.33 bits per heavy atom. The standard InChI is InChI=1S/C17H18BrNO2/c1-21-10-14-15(18)3-2-4-16(14)19-17-8-5-11-9-12(20)6-7-13(11)17/h2-4,6-7,9,17,19-20H,5,8,10H2,1H3. The highest BCUT2D eigenvalue weighted by Gasteiger charge is 2.23. The zero-order valence-electron chi connectivity index (χ0n) is 11.9. The van der Waals surface area contributed by atoms with E-state index in [0.717, 1.165) is 28.6 Å². The maximum Gasteiger partial charge on any atom is 0.115 e. The van der Waals surface area contributed by atoms with Crippen molar-refractivity contribution in [3.05, 3.63) is 57.6 Å². The van der Waals surface area contributed by atoms with Gasteiger partial charge in [-0.1, -0.05) is 28.1 Å². The molecule has 3 nitrogen and oxygen atoms in total. The molecule has 0 radical (unpaired) electrons. The van der Waals surface area contributed by atoms with Crippen molar-refractivity contribution in [3.8, 4) is 5.75 Å². The molecule has 2 aromatic carbocycles. The number of fused-ring (bicyclic) bond motifs is 1. The van der Waals surface area contributed by atoms with Crippen LogP contribution < -0.4 is 5.32 Å². The van der Waals surface area contributed by atoms with Gasteiger partial charge >= 0.3 is 0 Å². The van der Waals surface area contributed by atoms with E-state index < -0.39 is 0 Å². The van der Waals surface area contributed by atoms with Crippen molar-refractivity contribution in [2.75, 3.05) is 12.4 Å². The van der Waals surface area contributed by atoms with Crippen molar-refractivity contribution in [2.24, 2.45) is 0 Å². The van der Waals surface area contributed by atoms with Crippen molar-refractivity contribution in [3.63, 3.8) is 0 Å². The van der Waals surface area contributed by atoms with E-state index in [0.29, 0.717) is 12.4 Å². The average molecular weight is 348 g/mol. The van der Waals surface area contributed by atoms with Crippen LogP contribution in [0.2, 0.25) is 0 Å². The van der Waals surface area contributed by atoms with Gasteiger partial charge in [-0.15, -0.1) is 0 Å². The summed E-state index contributed by atoms with van der Waals surface area (Å²) in [6.45, 7) is 0.568. The van der Waals surface area contributed by atoms with Crippen molar-refractivity contribution in [1.82, 2.24) is 0 Å². The Labute approximate surface area is 133 Å². The summed E-state index contributed by atoms with van der Waals surface area (Å²) in [6, 6.07) is 12.1. The Kier molecular flexibility index (Phi) is 4.17. The summed E-state index contributed by atoms with van der Waals surface area (Å²) in [6.07, 6.45) is 2.03. The van der Waals surface area contributed by atoms with Crippen LogP contribution >= 0.6 is 15.9 Å². The van der Waals surface area contributed by atoms with Gasteiger partial charge in [0.25, 0.3) is 0 Å². The molecular weight excluding hydrogens is 330 g/mol. The SMILES string of the molecule is COCc1c(Br)cccc1NC1CCc2cc(O)ccc21. The van der Waals surface area contributed by atoms with Crippen molar-refractivity contribution < 1.29 is 9.84 Å². The molecule has 0 aliphatic heterocycles. The van der Waals surface area contributed by atoms with Crippen LogP contribution in [0, 0.1) is 0 Å². The van der Waals surface area contributed by atoms with E-state index in [2.05, 4.69) is 27.3 Å². The number of benzene rings is 2. The number of aromatic hydroxyl groups is 1. The first kappa shape index (κ1) is 14.4. The lowest BCUT2D eigenvalue weighted by molar-refractivity contribution is 0.185. The Hall–Kier alpha value is -1.52. The van der Waals surface area contributed by atoms with Crippen LogP contribution in [-0.2, 0) is 17.8 Å². The monoisotopic (exact) mass is 347 g/mol. The predicted molar refractivity (Wildman–Crippen MR) is 87.6 cm³/mol. The Morgan fingerprint density at radius 3 is 3.00 bits per heavy atom. The fourth-order valence-corrected chi connectivity index (χ4v) is 3.41. The van der Waals surface area contributed by atoms with Gasteiger partial charge in [-0.25, -0.2) is 0 Å². The van der Waals surface area contributed by atoms with Gasteiger partial charge in [0.05, 0.1) is 12.6 Å². The predicted octanol–water partition coefficient (Wildman–Crippen LogP) is 4.40. The van der Waals surface area contributed by atoms with Gasteiger partial charge in [0.2, 0.25) is 0 Å². The van der Waals surface area contributed by atoms with E-state index in [1.807, 2.05) is 24.3 Å². The quantitative estimate of drug-likeness (QED) is 0.861. The Bertz CT molecular complexity index is 657. The highest BCUT2D eigenvalue weighted by molar-refractivity contribution is 9.10. The summed E-state index contributed by atoms with van der Waals surface area (Å²) in [5, 5.41) is 13.2. The maximum atomic E-state index is 9.58. The van der Waals surface area contributed by atoms with Crippen LogP contribution in [0.3, 0.4) is 0 Å². The van der Waals surface area contributed by atoms with Crippen LogP contribution in [0.4, 0.5) is 5.69 Å². The van der Waals surface area contributed by atoms with Crippen molar-refractivity contribution >= 4 is 21.6 Å². The normalized spacial score (nSPS) is 16.8. The third-order valence-electron chi connectivity index (χ3n) is 3.94. The minimum absolute atomic E-state index is 0.283. The second kappa shape index (κ2) is 6.08. The fraction of sp³-hybridized carbons (Fsp3) is 0.294. The lowest BCUT2D eigenvalue weighted by Gasteiger charge is -2.19. The molecule has 2 N–H and O–H groups in total. The zero-order valence-corrected chi connectivity index (χ0v) is 13.5. The molecule has 1 aliphatic rings. The van der Waals surface area contributed by atoms with Crippen LogP contribution in [0.1, 0.15) is 29.2 Å². The number of hydrogen-bond acceptors (Lipinski definition) is 3. The molecule has 0 heterocycles. The minimum Gasteiger partial charge on any atom is -0.508 e. The lowest BCUT2D eigenvalue weighted by Crippen LogP contribution is -2.09. The number of rotatable bonds is 4. The van der Waals surface area contributed by atoms with Crippen LogP contribution in [0.25, 0.3) is 0 Å². The minimum atomic E-state index is 0.283. The number of halogens is 1. The van der Waals surface area contributed by atoms with E-state index in [1.165, 1.54) is 11.1 Å². The summed E-state index contributed by atoms with van der Waals surface area (Å²) >= 11 is 3.59. The molecule has 1 unspecified atom stereocenters. The Balaban J connectivity index is 1.88. The number of phenols is 1. The number of aryl methyl sites for hydroxylation is 1. The number of anilines is 1. The average Bonchev–Trinajstić information content (AvgIpc) is 2.85. The van der Waals surface area contributed by atoms with Gasteiger partial charge < -0.3 is 15.2 Å². The molecule has 0 bridgehead atoms. The largest absolute Gasteiger partial charge is 0.508 e. The Morgan fingerprint density at radius 2 is 2.19 bits per heavy atom. The van der Waals surface area contributed by atoms with Crippen molar-refractivity contribution in [2.45, 2.75) is 25.5 Å². The third kappa shape index (κ3) is 2.92. The summed E-state index contributed by atoms with van der Waals surface area (Å²) in [5.74, 6) is 0.344. The number of ether oxygens (including phenoxy) is 1.